The summed E-state index contributed by atoms with van der Waals surface area (Å²) in [5.41, 5.74) is 0.226. The molecule has 3 unspecified atom stereocenters. The standard InChI is InChI=1S/C17H29ClN2/c1-5-9-20-10-8-19-16(20)12-17(3,4)14-7-6-13(2)11-15(14)18/h8,10,13-15H,5-7,9,11-12H2,1-4H3. The number of aryl methyl sites for hydroxylation is 1. The van der Waals surface area contributed by atoms with Crippen LogP contribution in [0.3, 0.4) is 0 Å². The molecule has 2 rings (SSSR count). The Morgan fingerprint density at radius 2 is 2.15 bits per heavy atom. The van der Waals surface area contributed by atoms with Crippen LogP contribution in [0.5, 0.6) is 0 Å². The molecule has 0 radical (unpaired) electrons. The van der Waals surface area contributed by atoms with Crippen LogP contribution in [-0.4, -0.2) is 14.9 Å². The molecule has 0 N–H and O–H groups in total. The number of nitrogens with zero attached hydrogens (tertiary/aromatic N) is 2. The second kappa shape index (κ2) is 6.51. The van der Waals surface area contributed by atoms with Crippen molar-refractivity contribution in [1.82, 2.24) is 9.55 Å². The SMILES string of the molecule is CCCn1ccnc1CC(C)(C)C1CCC(C)CC1Cl. The van der Waals surface area contributed by atoms with E-state index in [0.717, 1.165) is 25.3 Å². The van der Waals surface area contributed by atoms with E-state index in [2.05, 4.69) is 43.4 Å². The predicted molar refractivity (Wildman–Crippen MR) is 86.1 cm³/mol. The maximum Gasteiger partial charge on any atom is 0.109 e. The number of imidazole rings is 1. The highest BCUT2D eigenvalue weighted by Gasteiger charge is 2.38. The molecular formula is C17H29ClN2. The summed E-state index contributed by atoms with van der Waals surface area (Å²) in [5, 5.41) is 0.323. The van der Waals surface area contributed by atoms with Crippen LogP contribution in [-0.2, 0) is 13.0 Å². The molecule has 1 saturated carbocycles. The summed E-state index contributed by atoms with van der Waals surface area (Å²) in [6, 6.07) is 0. The van der Waals surface area contributed by atoms with Crippen molar-refractivity contribution >= 4 is 11.6 Å². The summed E-state index contributed by atoms with van der Waals surface area (Å²) in [6.07, 6.45) is 9.97. The predicted octanol–water partition coefficient (Wildman–Crippen LogP) is 4.91. The summed E-state index contributed by atoms with van der Waals surface area (Å²) < 4.78 is 2.30. The topological polar surface area (TPSA) is 17.8 Å². The fourth-order valence-electron chi connectivity index (χ4n) is 3.68. The fraction of sp³-hybridized carbons (Fsp3) is 0.824. The van der Waals surface area contributed by atoms with Gasteiger partial charge in [-0.3, -0.25) is 0 Å². The molecule has 0 aromatic carbocycles. The fourth-order valence-corrected chi connectivity index (χ4v) is 4.45. The number of alkyl halides is 1. The Morgan fingerprint density at radius 3 is 2.80 bits per heavy atom. The van der Waals surface area contributed by atoms with Crippen LogP contribution in [0.15, 0.2) is 12.4 Å². The smallest absolute Gasteiger partial charge is 0.109 e. The molecule has 1 aromatic rings. The molecule has 0 aliphatic heterocycles. The molecule has 3 atom stereocenters. The van der Waals surface area contributed by atoms with Gasteiger partial charge in [0.05, 0.1) is 0 Å². The van der Waals surface area contributed by atoms with Crippen molar-refractivity contribution in [3.63, 3.8) is 0 Å². The van der Waals surface area contributed by atoms with Crippen LogP contribution < -0.4 is 0 Å². The first kappa shape index (κ1) is 15.9. The lowest BCUT2D eigenvalue weighted by atomic mass is 9.67. The number of rotatable bonds is 5. The molecule has 3 heteroatoms. The average molecular weight is 297 g/mol. The van der Waals surface area contributed by atoms with Crippen molar-refractivity contribution < 1.29 is 0 Å². The summed E-state index contributed by atoms with van der Waals surface area (Å²) in [4.78, 5) is 4.57. The summed E-state index contributed by atoms with van der Waals surface area (Å²) in [7, 11) is 0. The molecule has 1 fully saturated rings. The molecule has 0 amide bonds. The molecule has 0 spiro atoms. The number of hydrogen-bond donors (Lipinski definition) is 0. The maximum atomic E-state index is 6.68. The van der Waals surface area contributed by atoms with Gasteiger partial charge in [0, 0.05) is 30.7 Å². The van der Waals surface area contributed by atoms with Crippen molar-refractivity contribution in [2.24, 2.45) is 17.3 Å². The molecule has 2 nitrogen and oxygen atoms in total. The Kier molecular flexibility index (Phi) is 5.17. The summed E-state index contributed by atoms with van der Waals surface area (Å²) in [6.45, 7) is 10.3. The van der Waals surface area contributed by atoms with Gasteiger partial charge in [-0.05, 0) is 36.5 Å². The number of hydrogen-bond acceptors (Lipinski definition) is 1. The quantitative estimate of drug-likeness (QED) is 0.706. The van der Waals surface area contributed by atoms with E-state index < -0.39 is 0 Å². The monoisotopic (exact) mass is 296 g/mol. The van der Waals surface area contributed by atoms with Gasteiger partial charge in [0.15, 0.2) is 0 Å². The second-order valence-electron chi connectivity index (χ2n) is 7.24. The van der Waals surface area contributed by atoms with Gasteiger partial charge in [-0.2, -0.15) is 0 Å². The minimum Gasteiger partial charge on any atom is -0.335 e. The van der Waals surface area contributed by atoms with E-state index in [1.165, 1.54) is 25.1 Å². The Hall–Kier alpha value is -0.500. The Morgan fingerprint density at radius 1 is 1.40 bits per heavy atom. The van der Waals surface area contributed by atoms with Gasteiger partial charge < -0.3 is 4.57 Å². The van der Waals surface area contributed by atoms with Gasteiger partial charge in [-0.25, -0.2) is 4.98 Å². The lowest BCUT2D eigenvalue weighted by molar-refractivity contribution is 0.138. The van der Waals surface area contributed by atoms with Gasteiger partial charge in [0.2, 0.25) is 0 Å². The normalized spacial score (nSPS) is 27.8. The Balaban J connectivity index is 2.08. The van der Waals surface area contributed by atoms with Gasteiger partial charge in [0.1, 0.15) is 5.82 Å². The molecule has 1 aromatic heterocycles. The van der Waals surface area contributed by atoms with Crippen molar-refractivity contribution in [3.05, 3.63) is 18.2 Å². The van der Waals surface area contributed by atoms with Crippen LogP contribution in [0.1, 0.15) is 59.2 Å². The molecule has 1 aliphatic rings. The largest absolute Gasteiger partial charge is 0.335 e. The third-order valence-corrected chi connectivity index (χ3v) is 5.40. The average Bonchev–Trinajstić information content (AvgIpc) is 2.76. The van der Waals surface area contributed by atoms with Crippen LogP contribution >= 0.6 is 11.6 Å². The summed E-state index contributed by atoms with van der Waals surface area (Å²) in [5.74, 6) is 2.61. The first-order valence-corrected chi connectivity index (χ1v) is 8.51. The Bertz CT molecular complexity index is 424. The van der Waals surface area contributed by atoms with Crippen LogP contribution in [0.25, 0.3) is 0 Å². The van der Waals surface area contributed by atoms with Gasteiger partial charge in [0.25, 0.3) is 0 Å². The van der Waals surface area contributed by atoms with Crippen LogP contribution in [0.2, 0.25) is 0 Å². The van der Waals surface area contributed by atoms with E-state index in [1.807, 2.05) is 6.20 Å². The van der Waals surface area contributed by atoms with Crippen molar-refractivity contribution in [1.29, 1.82) is 0 Å². The van der Waals surface area contributed by atoms with E-state index in [4.69, 9.17) is 11.6 Å². The summed E-state index contributed by atoms with van der Waals surface area (Å²) >= 11 is 6.68. The van der Waals surface area contributed by atoms with Crippen molar-refractivity contribution in [2.45, 2.75) is 71.7 Å². The zero-order valence-corrected chi connectivity index (χ0v) is 14.2. The van der Waals surface area contributed by atoms with Crippen LogP contribution in [0.4, 0.5) is 0 Å². The van der Waals surface area contributed by atoms with E-state index in [-0.39, 0.29) is 5.41 Å². The van der Waals surface area contributed by atoms with E-state index >= 15 is 0 Å². The molecule has 0 bridgehead atoms. The van der Waals surface area contributed by atoms with E-state index in [1.54, 1.807) is 0 Å². The molecule has 1 heterocycles. The first-order valence-electron chi connectivity index (χ1n) is 8.08. The van der Waals surface area contributed by atoms with Gasteiger partial charge in [-0.1, -0.05) is 34.1 Å². The highest BCUT2D eigenvalue weighted by Crippen LogP contribution is 2.44. The van der Waals surface area contributed by atoms with Crippen LogP contribution in [0, 0.1) is 17.3 Å². The zero-order valence-electron chi connectivity index (χ0n) is 13.4. The molecule has 20 heavy (non-hydrogen) atoms. The highest BCUT2D eigenvalue weighted by molar-refractivity contribution is 6.20. The third kappa shape index (κ3) is 3.58. The van der Waals surface area contributed by atoms with E-state index in [0.29, 0.717) is 11.3 Å². The molecule has 114 valence electrons. The Labute approximate surface area is 128 Å². The number of halogens is 1. The second-order valence-corrected chi connectivity index (χ2v) is 7.80. The third-order valence-electron chi connectivity index (χ3n) is 4.92. The van der Waals surface area contributed by atoms with Gasteiger partial charge in [-0.15, -0.1) is 11.6 Å². The van der Waals surface area contributed by atoms with E-state index in [9.17, 15) is 0 Å². The van der Waals surface area contributed by atoms with Crippen molar-refractivity contribution in [3.8, 4) is 0 Å². The molecule has 1 aliphatic carbocycles. The minimum atomic E-state index is 0.226. The number of aromatic nitrogens is 2. The lowest BCUT2D eigenvalue weighted by Gasteiger charge is -2.41. The zero-order chi connectivity index (χ0) is 14.8. The van der Waals surface area contributed by atoms with Crippen molar-refractivity contribution in [2.75, 3.05) is 0 Å². The minimum absolute atomic E-state index is 0.226. The highest BCUT2D eigenvalue weighted by atomic mass is 35.5. The first-order chi connectivity index (χ1) is 9.44. The molecular weight excluding hydrogens is 268 g/mol. The lowest BCUT2D eigenvalue weighted by Crippen LogP contribution is -2.37. The maximum absolute atomic E-state index is 6.68. The molecule has 0 saturated heterocycles. The van der Waals surface area contributed by atoms with Gasteiger partial charge >= 0.3 is 0 Å².